The van der Waals surface area contributed by atoms with Crippen LogP contribution >= 0.6 is 0 Å². The number of piperidine rings is 1. The summed E-state index contributed by atoms with van der Waals surface area (Å²) in [5.74, 6) is 0.415. The molecular formula is C22H29N3O4S. The molecule has 1 atom stereocenters. The van der Waals surface area contributed by atoms with Gasteiger partial charge < -0.3 is 15.0 Å². The third kappa shape index (κ3) is 5.12. The van der Waals surface area contributed by atoms with Gasteiger partial charge in [-0.1, -0.05) is 6.42 Å². The van der Waals surface area contributed by atoms with Gasteiger partial charge in [-0.3, -0.25) is 4.79 Å². The fourth-order valence-corrected chi connectivity index (χ4v) is 5.34. The molecule has 7 nitrogen and oxygen atoms in total. The molecule has 162 valence electrons. The number of methoxy groups -OCH3 is 1. The van der Waals surface area contributed by atoms with Gasteiger partial charge in [0.05, 0.1) is 12.0 Å². The number of carbonyl (C=O) groups is 1. The molecule has 1 heterocycles. The average molecular weight is 432 g/mol. The Hall–Kier alpha value is -2.58. The number of carbonyl (C=O) groups excluding carboxylic acids is 1. The van der Waals surface area contributed by atoms with Crippen LogP contribution in [0.5, 0.6) is 5.75 Å². The minimum atomic E-state index is -3.68. The zero-order chi connectivity index (χ0) is 21.7. The molecule has 1 saturated heterocycles. The minimum Gasteiger partial charge on any atom is -0.497 e. The van der Waals surface area contributed by atoms with Crippen molar-refractivity contribution in [2.45, 2.75) is 36.6 Å². The Morgan fingerprint density at radius 1 is 1.10 bits per heavy atom. The maximum Gasteiger partial charge on any atom is 0.243 e. The number of amides is 1. The zero-order valence-electron chi connectivity index (χ0n) is 17.7. The summed E-state index contributed by atoms with van der Waals surface area (Å²) in [5.41, 5.74) is 1.74. The van der Waals surface area contributed by atoms with Gasteiger partial charge in [-0.05, 0) is 61.4 Å². The highest BCUT2D eigenvalue weighted by molar-refractivity contribution is 7.89. The number of hydrogen-bond acceptors (Lipinski definition) is 5. The van der Waals surface area contributed by atoms with Crippen molar-refractivity contribution in [1.29, 1.82) is 0 Å². The largest absolute Gasteiger partial charge is 0.497 e. The smallest absolute Gasteiger partial charge is 0.243 e. The second kappa shape index (κ2) is 9.49. The molecule has 1 aliphatic heterocycles. The van der Waals surface area contributed by atoms with Gasteiger partial charge in [-0.25, -0.2) is 8.42 Å². The van der Waals surface area contributed by atoms with E-state index >= 15 is 0 Å². The van der Waals surface area contributed by atoms with E-state index in [9.17, 15) is 13.2 Å². The quantitative estimate of drug-likeness (QED) is 0.727. The van der Waals surface area contributed by atoms with Crippen LogP contribution in [0.3, 0.4) is 0 Å². The Bertz CT molecular complexity index is 957. The molecule has 0 aromatic heterocycles. The van der Waals surface area contributed by atoms with Crippen LogP contribution in [0.25, 0.3) is 0 Å². The van der Waals surface area contributed by atoms with Crippen LogP contribution in [-0.2, 0) is 14.8 Å². The van der Waals surface area contributed by atoms with Crippen molar-refractivity contribution in [3.63, 3.8) is 0 Å². The van der Waals surface area contributed by atoms with Crippen molar-refractivity contribution in [3.8, 4) is 5.75 Å². The fraction of sp³-hybridized carbons (Fsp3) is 0.409. The monoisotopic (exact) mass is 431 g/mol. The molecular weight excluding hydrogens is 402 g/mol. The van der Waals surface area contributed by atoms with E-state index < -0.39 is 10.0 Å². The second-order valence-corrected chi connectivity index (χ2v) is 9.53. The lowest BCUT2D eigenvalue weighted by Crippen LogP contribution is -2.45. The highest BCUT2D eigenvalue weighted by Crippen LogP contribution is 2.28. The van der Waals surface area contributed by atoms with Crippen molar-refractivity contribution in [2.75, 3.05) is 38.0 Å². The Morgan fingerprint density at radius 3 is 2.37 bits per heavy atom. The van der Waals surface area contributed by atoms with E-state index in [2.05, 4.69) is 5.32 Å². The van der Waals surface area contributed by atoms with Gasteiger partial charge in [0, 0.05) is 44.5 Å². The van der Waals surface area contributed by atoms with Crippen LogP contribution in [0.15, 0.2) is 53.4 Å². The van der Waals surface area contributed by atoms with Gasteiger partial charge in [0.15, 0.2) is 0 Å². The number of benzene rings is 2. The van der Waals surface area contributed by atoms with Crippen molar-refractivity contribution >= 4 is 27.3 Å². The summed E-state index contributed by atoms with van der Waals surface area (Å²) in [6.45, 7) is 0.420. The van der Waals surface area contributed by atoms with Crippen molar-refractivity contribution in [1.82, 2.24) is 4.31 Å². The van der Waals surface area contributed by atoms with Gasteiger partial charge in [0.25, 0.3) is 0 Å². The number of rotatable bonds is 7. The first-order valence-electron chi connectivity index (χ1n) is 10.0. The molecule has 1 amide bonds. The highest BCUT2D eigenvalue weighted by atomic mass is 32.2. The van der Waals surface area contributed by atoms with Crippen molar-refractivity contribution in [3.05, 3.63) is 48.5 Å². The first-order valence-corrected chi connectivity index (χ1v) is 11.5. The third-order valence-corrected chi connectivity index (χ3v) is 7.29. The number of hydrogen-bond donors (Lipinski definition) is 1. The number of ether oxygens (including phenoxy) is 1. The summed E-state index contributed by atoms with van der Waals surface area (Å²) >= 11 is 0. The summed E-state index contributed by atoms with van der Waals surface area (Å²) in [6, 6.07) is 13.6. The number of nitrogens with zero attached hydrogens (tertiary/aromatic N) is 2. The van der Waals surface area contributed by atoms with E-state index in [1.807, 2.05) is 43.3 Å². The molecule has 0 spiro atoms. The highest BCUT2D eigenvalue weighted by Gasteiger charge is 2.34. The number of sulfonamides is 1. The zero-order valence-corrected chi connectivity index (χ0v) is 18.5. The Labute approximate surface area is 178 Å². The van der Waals surface area contributed by atoms with Crippen LogP contribution in [0, 0.1) is 0 Å². The molecule has 3 rings (SSSR count). The van der Waals surface area contributed by atoms with Crippen LogP contribution in [0.1, 0.15) is 25.7 Å². The third-order valence-electron chi connectivity index (χ3n) is 5.33. The maximum absolute atomic E-state index is 13.2. The first kappa shape index (κ1) is 22.1. The topological polar surface area (TPSA) is 79.0 Å². The van der Waals surface area contributed by atoms with Crippen LogP contribution < -0.4 is 15.0 Å². The molecule has 1 fully saturated rings. The fourth-order valence-electron chi connectivity index (χ4n) is 3.65. The van der Waals surface area contributed by atoms with Gasteiger partial charge in [-0.2, -0.15) is 4.31 Å². The molecule has 1 N–H and O–H groups in total. The molecule has 30 heavy (non-hydrogen) atoms. The number of nitrogens with one attached hydrogen (secondary N) is 1. The normalized spacial score (nSPS) is 17.4. The van der Waals surface area contributed by atoms with E-state index in [1.165, 1.54) is 11.4 Å². The Morgan fingerprint density at radius 2 is 1.77 bits per heavy atom. The Balaban J connectivity index is 1.70. The molecule has 0 unspecified atom stereocenters. The average Bonchev–Trinajstić information content (AvgIpc) is 2.74. The summed E-state index contributed by atoms with van der Waals surface area (Å²) in [5, 5.41) is 2.89. The first-order chi connectivity index (χ1) is 14.3. The summed E-state index contributed by atoms with van der Waals surface area (Å²) < 4.78 is 33.0. The standard InChI is InChI=1S/C22H29N3O4S/c1-24(2)18-9-7-17(8-10-18)23-22(26)16-19-6-4-5-15-25(19)30(27,28)21-13-11-20(29-3)12-14-21/h7-14,19H,4-6,15-16H2,1-3H3,(H,23,26)/t19-/m0/s1. The van der Waals surface area contributed by atoms with Gasteiger partial charge in [0.2, 0.25) is 15.9 Å². The van der Waals surface area contributed by atoms with E-state index in [0.29, 0.717) is 24.4 Å². The second-order valence-electron chi connectivity index (χ2n) is 7.63. The van der Waals surface area contributed by atoms with Crippen LogP contribution in [0.2, 0.25) is 0 Å². The lowest BCUT2D eigenvalue weighted by atomic mass is 10.0. The SMILES string of the molecule is COc1ccc(S(=O)(=O)N2CCCC[C@H]2CC(=O)Nc2ccc(N(C)C)cc2)cc1. The van der Waals surface area contributed by atoms with Gasteiger partial charge in [-0.15, -0.1) is 0 Å². The number of anilines is 2. The molecule has 0 radical (unpaired) electrons. The van der Waals surface area contributed by atoms with Gasteiger partial charge in [0.1, 0.15) is 5.75 Å². The molecule has 0 saturated carbocycles. The molecule has 2 aromatic carbocycles. The van der Waals surface area contributed by atoms with E-state index in [-0.39, 0.29) is 23.3 Å². The summed E-state index contributed by atoms with van der Waals surface area (Å²) in [7, 11) is 1.77. The van der Waals surface area contributed by atoms with Gasteiger partial charge >= 0.3 is 0 Å². The van der Waals surface area contributed by atoms with E-state index in [1.54, 1.807) is 24.3 Å². The molecule has 0 aliphatic carbocycles. The van der Waals surface area contributed by atoms with Crippen LogP contribution in [-0.4, -0.2) is 52.4 Å². The summed E-state index contributed by atoms with van der Waals surface area (Å²) in [4.78, 5) is 14.8. The predicted molar refractivity (Wildman–Crippen MR) is 119 cm³/mol. The molecule has 1 aliphatic rings. The minimum absolute atomic E-state index is 0.130. The molecule has 0 bridgehead atoms. The lowest BCUT2D eigenvalue weighted by Gasteiger charge is -2.34. The molecule has 8 heteroatoms. The van der Waals surface area contributed by atoms with E-state index in [0.717, 1.165) is 18.5 Å². The van der Waals surface area contributed by atoms with Crippen molar-refractivity contribution < 1.29 is 17.9 Å². The predicted octanol–water partition coefficient (Wildman–Crippen LogP) is 3.33. The summed E-state index contributed by atoms with van der Waals surface area (Å²) in [6.07, 6.45) is 2.50. The molecule has 2 aromatic rings. The maximum atomic E-state index is 13.2. The Kier molecular flexibility index (Phi) is 6.99. The van der Waals surface area contributed by atoms with Crippen molar-refractivity contribution in [2.24, 2.45) is 0 Å². The van der Waals surface area contributed by atoms with E-state index in [4.69, 9.17) is 4.74 Å². The lowest BCUT2D eigenvalue weighted by molar-refractivity contribution is -0.117. The van der Waals surface area contributed by atoms with Crippen LogP contribution in [0.4, 0.5) is 11.4 Å².